The third-order valence-corrected chi connectivity index (χ3v) is 7.23. The molecule has 1 aliphatic heterocycles. The zero-order valence-corrected chi connectivity index (χ0v) is 19.6. The maximum absolute atomic E-state index is 13.0. The van der Waals surface area contributed by atoms with Crippen LogP contribution in [0, 0.1) is 6.92 Å². The molecule has 164 valence electrons. The van der Waals surface area contributed by atoms with E-state index in [-0.39, 0.29) is 5.91 Å². The number of aryl methyl sites for hydroxylation is 1. The predicted molar refractivity (Wildman–Crippen MR) is 133 cm³/mol. The molecule has 0 atom stereocenters. The van der Waals surface area contributed by atoms with Gasteiger partial charge < -0.3 is 15.1 Å². The number of nitrogens with one attached hydrogen (secondary N) is 1. The molecule has 1 aliphatic rings. The van der Waals surface area contributed by atoms with Crippen LogP contribution in [0.3, 0.4) is 0 Å². The molecule has 32 heavy (non-hydrogen) atoms. The van der Waals surface area contributed by atoms with E-state index >= 15 is 0 Å². The number of aromatic nitrogens is 2. The van der Waals surface area contributed by atoms with Crippen LogP contribution in [0.4, 0.5) is 11.4 Å². The summed E-state index contributed by atoms with van der Waals surface area (Å²) in [6, 6.07) is 17.6. The first kappa shape index (κ1) is 21.0. The number of amides is 1. The molecule has 0 spiro atoms. The fourth-order valence-electron chi connectivity index (χ4n) is 3.98. The van der Waals surface area contributed by atoms with Gasteiger partial charge >= 0.3 is 0 Å². The molecule has 8 heteroatoms. The number of hydrogen-bond acceptors (Lipinski definition) is 5. The van der Waals surface area contributed by atoms with Crippen molar-refractivity contribution in [2.24, 2.45) is 0 Å². The Morgan fingerprint density at radius 2 is 1.81 bits per heavy atom. The number of fused-ring (bicyclic) bond motifs is 1. The number of thiophene rings is 1. The number of halogens is 1. The van der Waals surface area contributed by atoms with Gasteiger partial charge in [0.25, 0.3) is 5.91 Å². The molecule has 4 aromatic rings. The molecule has 3 heterocycles. The molecule has 0 saturated carbocycles. The van der Waals surface area contributed by atoms with E-state index in [1.165, 1.54) is 11.3 Å². The highest BCUT2D eigenvalue weighted by molar-refractivity contribution is 7.20. The van der Waals surface area contributed by atoms with E-state index in [1.807, 2.05) is 66.2 Å². The molecule has 1 saturated heterocycles. The average molecular weight is 466 g/mol. The Hall–Kier alpha value is -2.87. The highest BCUT2D eigenvalue weighted by Gasteiger charge is 2.19. The molecule has 2 aromatic heterocycles. The third kappa shape index (κ3) is 3.99. The lowest BCUT2D eigenvalue weighted by atomic mass is 10.2. The zero-order valence-electron chi connectivity index (χ0n) is 18.0. The number of nitrogens with zero attached hydrogens (tertiary/aromatic N) is 4. The molecule has 1 amide bonds. The van der Waals surface area contributed by atoms with Gasteiger partial charge in [0.05, 0.1) is 27.0 Å². The molecule has 0 radical (unpaired) electrons. The summed E-state index contributed by atoms with van der Waals surface area (Å²) in [4.78, 5) is 19.2. The fraction of sp³-hybridized carbons (Fsp3) is 0.250. The molecule has 1 N–H and O–H groups in total. The van der Waals surface area contributed by atoms with Gasteiger partial charge in [0.2, 0.25) is 0 Å². The van der Waals surface area contributed by atoms with Crippen molar-refractivity contribution in [2.75, 3.05) is 43.4 Å². The van der Waals surface area contributed by atoms with Crippen molar-refractivity contribution in [2.45, 2.75) is 6.92 Å². The topological polar surface area (TPSA) is 53.4 Å². The molecule has 0 aliphatic carbocycles. The summed E-state index contributed by atoms with van der Waals surface area (Å²) in [5, 5.41) is 9.29. The lowest BCUT2D eigenvalue weighted by Gasteiger charge is -2.34. The third-order valence-electron chi connectivity index (χ3n) is 5.82. The minimum absolute atomic E-state index is 0.145. The van der Waals surface area contributed by atoms with Crippen molar-refractivity contribution >= 4 is 50.4 Å². The fourth-order valence-corrected chi connectivity index (χ4v) is 5.36. The van der Waals surface area contributed by atoms with Gasteiger partial charge in [-0.2, -0.15) is 5.10 Å². The lowest BCUT2D eigenvalue weighted by Crippen LogP contribution is -2.44. The molecule has 2 aromatic carbocycles. The SMILES string of the molecule is Cc1nn(-c2ccccc2)c2sc(C(=O)Nc3ccc(N4CCN(C)CC4)c(Cl)c3)cc12. The zero-order chi connectivity index (χ0) is 22.2. The Balaban J connectivity index is 1.36. The van der Waals surface area contributed by atoms with Gasteiger partial charge in [0, 0.05) is 37.3 Å². The van der Waals surface area contributed by atoms with Crippen molar-refractivity contribution in [3.63, 3.8) is 0 Å². The minimum Gasteiger partial charge on any atom is -0.368 e. The van der Waals surface area contributed by atoms with Crippen LogP contribution < -0.4 is 10.2 Å². The van der Waals surface area contributed by atoms with E-state index in [0.717, 1.165) is 53.5 Å². The van der Waals surface area contributed by atoms with Crippen LogP contribution >= 0.6 is 22.9 Å². The summed E-state index contributed by atoms with van der Waals surface area (Å²) in [6.07, 6.45) is 0. The summed E-state index contributed by atoms with van der Waals surface area (Å²) in [5.41, 5.74) is 3.58. The van der Waals surface area contributed by atoms with Crippen molar-refractivity contribution in [1.29, 1.82) is 0 Å². The Morgan fingerprint density at radius 3 is 2.53 bits per heavy atom. The first-order chi connectivity index (χ1) is 15.5. The summed E-state index contributed by atoms with van der Waals surface area (Å²) in [7, 11) is 2.13. The Labute approximate surface area is 196 Å². The van der Waals surface area contributed by atoms with Crippen molar-refractivity contribution in [3.05, 3.63) is 70.2 Å². The highest BCUT2D eigenvalue weighted by Crippen LogP contribution is 2.32. The molecule has 6 nitrogen and oxygen atoms in total. The Bertz CT molecular complexity index is 1270. The predicted octanol–water partition coefficient (Wildman–Crippen LogP) is 5.05. The van der Waals surface area contributed by atoms with Crippen LogP contribution in [0.5, 0.6) is 0 Å². The van der Waals surface area contributed by atoms with Crippen LogP contribution in [-0.4, -0.2) is 53.8 Å². The number of likely N-dealkylation sites (N-methyl/N-ethyl adjacent to an activating group) is 1. The minimum atomic E-state index is -0.145. The number of carbonyl (C=O) groups is 1. The molecular formula is C24H24ClN5OS. The summed E-state index contributed by atoms with van der Waals surface area (Å²) in [5.74, 6) is -0.145. The van der Waals surface area contributed by atoms with Gasteiger partial charge in [-0.25, -0.2) is 4.68 Å². The first-order valence-corrected chi connectivity index (χ1v) is 11.8. The molecule has 1 fully saturated rings. The second-order valence-electron chi connectivity index (χ2n) is 8.07. The number of benzene rings is 2. The molecule has 5 rings (SSSR count). The molecule has 0 bridgehead atoms. The Kier molecular flexibility index (Phi) is 5.63. The van der Waals surface area contributed by atoms with Gasteiger partial charge in [-0.1, -0.05) is 29.8 Å². The summed E-state index contributed by atoms with van der Waals surface area (Å²) >= 11 is 8.01. The summed E-state index contributed by atoms with van der Waals surface area (Å²) in [6.45, 7) is 5.89. The second-order valence-corrected chi connectivity index (χ2v) is 9.51. The number of hydrogen-bond donors (Lipinski definition) is 1. The maximum atomic E-state index is 13.0. The molecular weight excluding hydrogens is 442 g/mol. The van der Waals surface area contributed by atoms with E-state index in [9.17, 15) is 4.79 Å². The van der Waals surface area contributed by atoms with Gasteiger partial charge in [-0.15, -0.1) is 11.3 Å². The number of carbonyl (C=O) groups excluding carboxylic acids is 1. The summed E-state index contributed by atoms with van der Waals surface area (Å²) < 4.78 is 1.90. The average Bonchev–Trinajstić information content (AvgIpc) is 3.36. The van der Waals surface area contributed by atoms with E-state index < -0.39 is 0 Å². The van der Waals surface area contributed by atoms with Gasteiger partial charge in [-0.05, 0) is 50.4 Å². The second kappa shape index (κ2) is 8.58. The largest absolute Gasteiger partial charge is 0.368 e. The van der Waals surface area contributed by atoms with Crippen LogP contribution in [0.2, 0.25) is 5.02 Å². The standard InChI is InChI=1S/C24H24ClN5OS/c1-16-19-15-22(32-24(19)30(27-16)18-6-4-3-5-7-18)23(31)26-17-8-9-21(20(25)14-17)29-12-10-28(2)11-13-29/h3-9,14-15H,10-13H2,1-2H3,(H,26,31). The van der Waals surface area contributed by atoms with Crippen LogP contribution in [-0.2, 0) is 0 Å². The van der Waals surface area contributed by atoms with E-state index in [1.54, 1.807) is 0 Å². The maximum Gasteiger partial charge on any atom is 0.265 e. The van der Waals surface area contributed by atoms with E-state index in [4.69, 9.17) is 11.6 Å². The van der Waals surface area contributed by atoms with Crippen molar-refractivity contribution in [3.8, 4) is 5.69 Å². The van der Waals surface area contributed by atoms with Crippen molar-refractivity contribution < 1.29 is 4.79 Å². The van der Waals surface area contributed by atoms with Crippen LogP contribution in [0.15, 0.2) is 54.6 Å². The van der Waals surface area contributed by atoms with Gasteiger partial charge in [0.1, 0.15) is 4.83 Å². The number of piperazine rings is 1. The number of anilines is 2. The first-order valence-electron chi connectivity index (χ1n) is 10.6. The number of rotatable bonds is 4. The number of para-hydroxylation sites is 1. The van der Waals surface area contributed by atoms with Gasteiger partial charge in [0.15, 0.2) is 0 Å². The highest BCUT2D eigenvalue weighted by atomic mass is 35.5. The quantitative estimate of drug-likeness (QED) is 0.458. The smallest absolute Gasteiger partial charge is 0.265 e. The normalized spacial score (nSPS) is 14.8. The van der Waals surface area contributed by atoms with Crippen LogP contribution in [0.25, 0.3) is 15.9 Å². The monoisotopic (exact) mass is 465 g/mol. The van der Waals surface area contributed by atoms with Gasteiger partial charge in [-0.3, -0.25) is 4.79 Å². The molecule has 0 unspecified atom stereocenters. The lowest BCUT2D eigenvalue weighted by molar-refractivity contribution is 0.103. The van der Waals surface area contributed by atoms with E-state index in [0.29, 0.717) is 15.6 Å². The van der Waals surface area contributed by atoms with E-state index in [2.05, 4.69) is 27.3 Å². The van der Waals surface area contributed by atoms with Crippen LogP contribution in [0.1, 0.15) is 15.4 Å². The Morgan fingerprint density at radius 1 is 1.06 bits per heavy atom. The van der Waals surface area contributed by atoms with Crippen molar-refractivity contribution in [1.82, 2.24) is 14.7 Å².